The van der Waals surface area contributed by atoms with E-state index in [4.69, 9.17) is 0 Å². The molecule has 6 aliphatic carbocycles. The first-order valence-electron chi connectivity index (χ1n) is 46.0. The zero-order chi connectivity index (χ0) is 92.4. The summed E-state index contributed by atoms with van der Waals surface area (Å²) in [4.78, 5) is 0. The first-order chi connectivity index (χ1) is 67.3. The molecule has 654 valence electrons. The molecule has 0 aliphatic heterocycles. The maximum absolute atomic E-state index is 14.0. The molecule has 22 aromatic rings. The number of fused-ring (bicyclic) bond motifs is 39. The van der Waals surface area contributed by atoms with Crippen molar-refractivity contribution in [3.63, 3.8) is 0 Å². The predicted octanol–water partition coefficient (Wildman–Crippen LogP) is 34.3. The smallest absolute Gasteiger partial charge is 0.406 e. The van der Waals surface area contributed by atoms with Crippen LogP contribution in [0.3, 0.4) is 0 Å². The number of halogens is 9. The molecule has 0 fully saturated rings. The topological polar surface area (TPSA) is 27.7 Å². The SMILES string of the molecule is FC(F)(F)Oc1ccc(-c2c3ccccc3c(-c3ccc4c(c3)C3(c5ccccc5-c5ccccc53)c3c-4c4c(c5c3-c3ccc(-c6c7ccccc7c(-c7ccc(OC(F)(F)F)cc7)c7ccccc67)cc3C53c5ccccc5-c5ccccc53)-c3ccc(-c5c6ccccc6c(-c6ccc(OC(F)(F)F)cc6)c6ccccc56)cc3C43c4ccccc4-c4ccccc43)c3ccccc23)cc1. The van der Waals surface area contributed by atoms with Gasteiger partial charge in [0.15, 0.2) is 0 Å². The zero-order valence-electron chi connectivity index (χ0n) is 73.0. The fraction of sp³-hybridized carbons (Fsp3) is 0.0476. The fourth-order valence-electron chi connectivity index (χ4n) is 25.9. The fourth-order valence-corrected chi connectivity index (χ4v) is 25.9. The van der Waals surface area contributed by atoms with Crippen LogP contribution in [0.4, 0.5) is 39.5 Å². The van der Waals surface area contributed by atoms with Crippen LogP contribution in [0.5, 0.6) is 17.2 Å². The van der Waals surface area contributed by atoms with Crippen molar-refractivity contribution in [3.8, 4) is 151 Å². The normalized spacial score (nSPS) is 14.2. The van der Waals surface area contributed by atoms with Crippen molar-refractivity contribution in [1.82, 2.24) is 0 Å². The minimum Gasteiger partial charge on any atom is -0.406 e. The molecule has 0 saturated heterocycles. The average Bonchev–Trinajstić information content (AvgIpc) is 1.45. The summed E-state index contributed by atoms with van der Waals surface area (Å²) in [5, 5.41) is 11.1. The van der Waals surface area contributed by atoms with Crippen molar-refractivity contribution in [1.29, 1.82) is 0 Å². The van der Waals surface area contributed by atoms with E-state index in [1.807, 2.05) is 36.4 Å². The van der Waals surface area contributed by atoms with Gasteiger partial charge in [-0.1, -0.05) is 364 Å². The van der Waals surface area contributed by atoms with Crippen LogP contribution >= 0.6 is 0 Å². The molecule has 0 aromatic heterocycles. The van der Waals surface area contributed by atoms with Gasteiger partial charge in [-0.05, 0) is 320 Å². The van der Waals surface area contributed by atoms with Crippen LogP contribution < -0.4 is 14.2 Å². The third-order valence-corrected chi connectivity index (χ3v) is 30.4. The second-order valence-electron chi connectivity index (χ2n) is 36.8. The molecule has 0 atom stereocenters. The van der Waals surface area contributed by atoms with Crippen LogP contribution in [0.15, 0.2) is 419 Å². The van der Waals surface area contributed by atoms with Gasteiger partial charge >= 0.3 is 19.1 Å². The van der Waals surface area contributed by atoms with E-state index in [1.165, 1.54) is 36.4 Å². The maximum atomic E-state index is 14.0. The zero-order valence-corrected chi connectivity index (χ0v) is 73.0. The highest BCUT2D eigenvalue weighted by atomic mass is 19.4. The molecule has 0 heterocycles. The number of hydrogen-bond acceptors (Lipinski definition) is 3. The molecule has 0 saturated carbocycles. The minimum atomic E-state index is -4.89. The van der Waals surface area contributed by atoms with Crippen molar-refractivity contribution in [3.05, 3.63) is 485 Å². The molecule has 0 radical (unpaired) electrons. The van der Waals surface area contributed by atoms with Gasteiger partial charge in [0.25, 0.3) is 0 Å². The van der Waals surface area contributed by atoms with Crippen LogP contribution in [0, 0.1) is 0 Å². The Labute approximate surface area is 784 Å². The third-order valence-electron chi connectivity index (χ3n) is 30.4. The van der Waals surface area contributed by atoms with Gasteiger partial charge in [0.1, 0.15) is 17.2 Å². The van der Waals surface area contributed by atoms with Crippen LogP contribution in [0.25, 0.3) is 198 Å². The summed E-state index contributed by atoms with van der Waals surface area (Å²) in [5.41, 5.74) is 33.6. The number of alkyl halides is 9. The molecule has 138 heavy (non-hydrogen) atoms. The lowest BCUT2D eigenvalue weighted by Gasteiger charge is -2.37. The minimum absolute atomic E-state index is 0.319. The van der Waals surface area contributed by atoms with Crippen LogP contribution in [-0.2, 0) is 16.2 Å². The monoisotopic (exact) mass is 1800 g/mol. The molecule has 0 unspecified atom stereocenters. The lowest BCUT2D eigenvalue weighted by atomic mass is 9.63. The van der Waals surface area contributed by atoms with Crippen LogP contribution in [-0.4, -0.2) is 19.1 Å². The Hall–Kier alpha value is -16.8. The predicted molar refractivity (Wildman–Crippen MR) is 533 cm³/mol. The average molecular weight is 1800 g/mol. The lowest BCUT2D eigenvalue weighted by Crippen LogP contribution is -2.31. The molecular weight excluding hydrogens is 1730 g/mol. The van der Waals surface area contributed by atoms with Crippen LogP contribution in [0.1, 0.15) is 66.8 Å². The van der Waals surface area contributed by atoms with Crippen molar-refractivity contribution in [2.45, 2.75) is 35.3 Å². The van der Waals surface area contributed by atoms with E-state index in [1.54, 1.807) is 36.4 Å². The summed E-state index contributed by atoms with van der Waals surface area (Å²) in [6.07, 6.45) is -14.7. The standard InChI is InChI=1S/C126H69F9O3/c127-124(128,129)136-76-58-49-70(50-59-76)109-85-31-1-7-37-91(85)112(92-38-8-2-32-86(92)109)73-55-64-97-106(67-73)121(100-43-19-13-25-79(100)80-26-14-20-44-101(80)121)118-115(97)119-117(99-66-57-75(69-108(99)122(119)102-45-21-15-27-81(102)82-28-16-22-46-103(82)122)114-95-41-11-5-35-89(95)111(90-36-6-12-42-96(90)114)72-53-62-78(63-54-72)138-126(133,134)135)120-116(118)98-65-56-74(68-107(98)123(120)104-47-23-17-29-83(104)84-30-18-24-48-105(84)123)113-93-39-9-3-33-87(93)110(88-34-4-10-40-94(88)113)71-51-60-77(61-52-71)137-125(130,131)132/h1-69H. The number of hydrogen-bond donors (Lipinski definition) is 0. The summed E-state index contributed by atoms with van der Waals surface area (Å²) >= 11 is 0. The summed E-state index contributed by atoms with van der Waals surface area (Å²) < 4.78 is 139. The molecule has 6 aliphatic rings. The molecule has 0 bridgehead atoms. The highest BCUT2D eigenvalue weighted by Gasteiger charge is 2.65. The molecular formula is C126H69F9O3. The molecule has 22 aromatic carbocycles. The van der Waals surface area contributed by atoms with Gasteiger partial charge in [0.05, 0.1) is 16.2 Å². The second-order valence-corrected chi connectivity index (χ2v) is 36.8. The summed E-state index contributed by atoms with van der Waals surface area (Å²) in [6.45, 7) is 0. The van der Waals surface area contributed by atoms with Crippen molar-refractivity contribution in [2.24, 2.45) is 0 Å². The molecule has 3 spiro atoms. The van der Waals surface area contributed by atoms with Crippen molar-refractivity contribution < 1.29 is 53.7 Å². The highest BCUT2D eigenvalue weighted by Crippen LogP contribution is 2.78. The van der Waals surface area contributed by atoms with E-state index < -0.39 is 35.3 Å². The van der Waals surface area contributed by atoms with E-state index in [9.17, 15) is 39.5 Å². The van der Waals surface area contributed by atoms with Gasteiger partial charge in [0, 0.05) is 0 Å². The molecule has 3 nitrogen and oxygen atoms in total. The first-order valence-corrected chi connectivity index (χ1v) is 46.0. The summed E-state index contributed by atoms with van der Waals surface area (Å²) in [5.74, 6) is -0.956. The van der Waals surface area contributed by atoms with Crippen LogP contribution in [0.2, 0.25) is 0 Å². The number of ether oxygens (including phenoxy) is 3. The van der Waals surface area contributed by atoms with Gasteiger partial charge in [-0.3, -0.25) is 0 Å². The quantitative estimate of drug-likeness (QED) is 0.106. The van der Waals surface area contributed by atoms with Crippen molar-refractivity contribution >= 4 is 64.6 Å². The largest absolute Gasteiger partial charge is 0.573 e. The van der Waals surface area contributed by atoms with Gasteiger partial charge in [-0.15, -0.1) is 39.5 Å². The Morgan fingerprint density at radius 1 is 0.145 bits per heavy atom. The Kier molecular flexibility index (Phi) is 16.5. The van der Waals surface area contributed by atoms with E-state index >= 15 is 0 Å². The highest BCUT2D eigenvalue weighted by molar-refractivity contribution is 6.26. The Morgan fingerprint density at radius 3 is 0.486 bits per heavy atom. The van der Waals surface area contributed by atoms with E-state index in [-0.39, 0.29) is 17.2 Å². The van der Waals surface area contributed by atoms with Gasteiger partial charge in [0.2, 0.25) is 0 Å². The third kappa shape index (κ3) is 10.9. The van der Waals surface area contributed by atoms with Gasteiger partial charge in [-0.2, -0.15) is 0 Å². The van der Waals surface area contributed by atoms with E-state index in [2.05, 4.69) is 324 Å². The molecule has 28 rings (SSSR count). The second kappa shape index (κ2) is 28.6. The Balaban J connectivity index is 0.801. The molecule has 0 N–H and O–H groups in total. The lowest BCUT2D eigenvalue weighted by molar-refractivity contribution is -0.275. The summed E-state index contributed by atoms with van der Waals surface area (Å²) in [6, 6.07) is 145. The summed E-state index contributed by atoms with van der Waals surface area (Å²) in [7, 11) is 0. The van der Waals surface area contributed by atoms with E-state index in [0.29, 0.717) is 0 Å². The Bertz CT molecular complexity index is 7970. The van der Waals surface area contributed by atoms with Gasteiger partial charge in [-0.25, -0.2) is 0 Å². The first kappa shape index (κ1) is 79.7. The number of rotatable bonds is 9. The Morgan fingerprint density at radius 2 is 0.304 bits per heavy atom. The molecule has 12 heteroatoms. The number of benzene rings is 22. The van der Waals surface area contributed by atoms with Gasteiger partial charge < -0.3 is 14.2 Å². The molecule has 0 amide bonds. The maximum Gasteiger partial charge on any atom is 0.573 e. The van der Waals surface area contributed by atoms with E-state index in [0.717, 1.165) is 265 Å². The van der Waals surface area contributed by atoms with Crippen molar-refractivity contribution in [2.75, 3.05) is 0 Å².